The van der Waals surface area contributed by atoms with Crippen LogP contribution in [0, 0.1) is 6.92 Å². The average molecular weight is 205 g/mol. The van der Waals surface area contributed by atoms with E-state index in [-0.39, 0.29) is 0 Å². The smallest absolute Gasteiger partial charge is 0.335 e. The van der Waals surface area contributed by atoms with Gasteiger partial charge in [-0.1, -0.05) is 18.2 Å². The molecule has 1 aromatic rings. The van der Waals surface area contributed by atoms with E-state index in [0.717, 1.165) is 17.7 Å². The van der Waals surface area contributed by atoms with E-state index in [9.17, 15) is 4.79 Å². The van der Waals surface area contributed by atoms with Crippen LogP contribution in [0.15, 0.2) is 24.3 Å². The van der Waals surface area contributed by atoms with Gasteiger partial charge in [0.2, 0.25) is 0 Å². The summed E-state index contributed by atoms with van der Waals surface area (Å²) in [6.45, 7) is 2.71. The number of carbonyl (C=O) groups is 1. The van der Waals surface area contributed by atoms with Crippen LogP contribution in [0.5, 0.6) is 0 Å². The van der Waals surface area contributed by atoms with Crippen molar-refractivity contribution in [2.75, 3.05) is 13.6 Å². The van der Waals surface area contributed by atoms with Gasteiger partial charge >= 0.3 is 5.97 Å². The van der Waals surface area contributed by atoms with Crippen molar-refractivity contribution in [2.24, 2.45) is 0 Å². The molecule has 2 N–H and O–H groups in total. The maximum atomic E-state index is 10.7. The van der Waals surface area contributed by atoms with Crippen molar-refractivity contribution in [2.45, 2.75) is 6.92 Å². The zero-order chi connectivity index (χ0) is 11.3. The Morgan fingerprint density at radius 3 is 2.80 bits per heavy atom. The van der Waals surface area contributed by atoms with Crippen molar-refractivity contribution in [3.8, 4) is 0 Å². The Balaban J connectivity index is 2.88. The van der Waals surface area contributed by atoms with Gasteiger partial charge in [0, 0.05) is 6.54 Å². The second-order valence-corrected chi connectivity index (χ2v) is 3.34. The summed E-state index contributed by atoms with van der Waals surface area (Å²) in [5, 5.41) is 11.8. The van der Waals surface area contributed by atoms with Crippen LogP contribution in [0.2, 0.25) is 0 Å². The summed E-state index contributed by atoms with van der Waals surface area (Å²) in [7, 11) is 1.88. The Morgan fingerprint density at radius 2 is 2.27 bits per heavy atom. The van der Waals surface area contributed by atoms with Crippen LogP contribution in [-0.4, -0.2) is 24.7 Å². The van der Waals surface area contributed by atoms with Crippen molar-refractivity contribution in [1.29, 1.82) is 0 Å². The van der Waals surface area contributed by atoms with E-state index >= 15 is 0 Å². The van der Waals surface area contributed by atoms with Crippen molar-refractivity contribution in [1.82, 2.24) is 5.32 Å². The van der Waals surface area contributed by atoms with E-state index in [1.807, 2.05) is 32.2 Å². The van der Waals surface area contributed by atoms with E-state index in [2.05, 4.69) is 5.32 Å². The number of benzene rings is 1. The molecule has 3 nitrogen and oxygen atoms in total. The average Bonchev–Trinajstić information content (AvgIpc) is 2.20. The molecular formula is C12H15NO2. The van der Waals surface area contributed by atoms with Crippen LogP contribution >= 0.6 is 0 Å². The van der Waals surface area contributed by atoms with Gasteiger partial charge in [0.15, 0.2) is 0 Å². The molecule has 1 aromatic carbocycles. The topological polar surface area (TPSA) is 49.3 Å². The van der Waals surface area contributed by atoms with E-state index in [1.54, 1.807) is 12.1 Å². The normalized spacial score (nSPS) is 10.8. The van der Waals surface area contributed by atoms with Gasteiger partial charge in [0.1, 0.15) is 0 Å². The van der Waals surface area contributed by atoms with Crippen LogP contribution in [0.1, 0.15) is 21.5 Å². The Bertz CT molecular complexity index is 383. The van der Waals surface area contributed by atoms with Gasteiger partial charge in [0.05, 0.1) is 5.56 Å². The molecule has 0 saturated carbocycles. The lowest BCUT2D eigenvalue weighted by Crippen LogP contribution is -2.03. The SMILES string of the molecule is CNCC=Cc1ccc(C(=O)O)cc1C. The summed E-state index contributed by atoms with van der Waals surface area (Å²) in [5.74, 6) is -0.885. The highest BCUT2D eigenvalue weighted by Gasteiger charge is 2.03. The summed E-state index contributed by atoms with van der Waals surface area (Å²) in [4.78, 5) is 10.7. The number of hydrogen-bond donors (Lipinski definition) is 2. The first-order valence-electron chi connectivity index (χ1n) is 4.80. The van der Waals surface area contributed by atoms with E-state index in [1.165, 1.54) is 0 Å². The molecule has 0 spiro atoms. The van der Waals surface area contributed by atoms with Gasteiger partial charge in [-0.2, -0.15) is 0 Å². The maximum Gasteiger partial charge on any atom is 0.335 e. The van der Waals surface area contributed by atoms with E-state index in [4.69, 9.17) is 5.11 Å². The first kappa shape index (κ1) is 11.5. The number of aromatic carboxylic acids is 1. The number of carboxylic acid groups (broad SMARTS) is 1. The number of hydrogen-bond acceptors (Lipinski definition) is 2. The third-order valence-electron chi connectivity index (χ3n) is 2.14. The molecule has 0 saturated heterocycles. The molecular weight excluding hydrogens is 190 g/mol. The number of aryl methyl sites for hydroxylation is 1. The lowest BCUT2D eigenvalue weighted by atomic mass is 10.0. The number of rotatable bonds is 4. The number of likely N-dealkylation sites (N-methyl/N-ethyl adjacent to an activating group) is 1. The third-order valence-corrected chi connectivity index (χ3v) is 2.14. The first-order valence-corrected chi connectivity index (χ1v) is 4.80. The summed E-state index contributed by atoms with van der Waals surface area (Å²) < 4.78 is 0. The molecule has 0 unspecified atom stereocenters. The van der Waals surface area contributed by atoms with Gasteiger partial charge in [0.25, 0.3) is 0 Å². The predicted molar refractivity (Wildman–Crippen MR) is 61.1 cm³/mol. The standard InChI is InChI=1S/C12H15NO2/c1-9-8-11(12(14)15)6-5-10(9)4-3-7-13-2/h3-6,8,13H,7H2,1-2H3,(H,14,15). The highest BCUT2D eigenvalue weighted by Crippen LogP contribution is 2.12. The number of nitrogens with one attached hydrogen (secondary N) is 1. The van der Waals surface area contributed by atoms with Crippen LogP contribution < -0.4 is 5.32 Å². The Morgan fingerprint density at radius 1 is 1.53 bits per heavy atom. The fraction of sp³-hybridized carbons (Fsp3) is 0.250. The molecule has 0 radical (unpaired) electrons. The molecule has 0 fully saturated rings. The fourth-order valence-electron chi connectivity index (χ4n) is 1.30. The molecule has 0 aromatic heterocycles. The molecule has 3 heteroatoms. The van der Waals surface area contributed by atoms with Crippen molar-refractivity contribution >= 4 is 12.0 Å². The molecule has 0 aliphatic rings. The summed E-state index contributed by atoms with van der Waals surface area (Å²) in [6, 6.07) is 5.13. The monoisotopic (exact) mass is 205 g/mol. The van der Waals surface area contributed by atoms with Crippen LogP contribution in [0.3, 0.4) is 0 Å². The van der Waals surface area contributed by atoms with Crippen molar-refractivity contribution < 1.29 is 9.90 Å². The molecule has 0 heterocycles. The zero-order valence-electron chi connectivity index (χ0n) is 8.95. The quantitative estimate of drug-likeness (QED) is 0.789. The minimum atomic E-state index is -0.885. The third kappa shape index (κ3) is 3.22. The van der Waals surface area contributed by atoms with Gasteiger partial charge in [-0.05, 0) is 37.2 Å². The second kappa shape index (κ2) is 5.32. The molecule has 0 atom stereocenters. The highest BCUT2D eigenvalue weighted by molar-refractivity contribution is 5.88. The zero-order valence-corrected chi connectivity index (χ0v) is 8.95. The van der Waals surface area contributed by atoms with E-state index in [0.29, 0.717) is 5.56 Å². The van der Waals surface area contributed by atoms with Gasteiger partial charge in [-0.3, -0.25) is 0 Å². The largest absolute Gasteiger partial charge is 0.478 e. The van der Waals surface area contributed by atoms with Crippen molar-refractivity contribution in [3.63, 3.8) is 0 Å². The Hall–Kier alpha value is -1.61. The van der Waals surface area contributed by atoms with Gasteiger partial charge in [-0.25, -0.2) is 4.79 Å². The van der Waals surface area contributed by atoms with Crippen LogP contribution in [-0.2, 0) is 0 Å². The Labute approximate surface area is 89.4 Å². The fourth-order valence-corrected chi connectivity index (χ4v) is 1.30. The van der Waals surface area contributed by atoms with E-state index < -0.39 is 5.97 Å². The number of carboxylic acids is 1. The molecule has 0 amide bonds. The molecule has 15 heavy (non-hydrogen) atoms. The second-order valence-electron chi connectivity index (χ2n) is 3.34. The molecule has 1 rings (SSSR count). The van der Waals surface area contributed by atoms with Crippen LogP contribution in [0.25, 0.3) is 6.08 Å². The molecule has 0 aliphatic heterocycles. The first-order chi connectivity index (χ1) is 7.15. The molecule has 0 aliphatic carbocycles. The molecule has 80 valence electrons. The molecule has 0 bridgehead atoms. The van der Waals surface area contributed by atoms with Crippen molar-refractivity contribution in [3.05, 3.63) is 41.0 Å². The predicted octanol–water partition coefficient (Wildman–Crippen LogP) is 1.93. The lowest BCUT2D eigenvalue weighted by Gasteiger charge is -2.01. The maximum absolute atomic E-state index is 10.7. The minimum absolute atomic E-state index is 0.332. The van der Waals surface area contributed by atoms with Gasteiger partial charge in [-0.15, -0.1) is 0 Å². The minimum Gasteiger partial charge on any atom is -0.478 e. The van der Waals surface area contributed by atoms with Crippen LogP contribution in [0.4, 0.5) is 0 Å². The highest BCUT2D eigenvalue weighted by atomic mass is 16.4. The summed E-state index contributed by atoms with van der Waals surface area (Å²) in [5.41, 5.74) is 2.36. The van der Waals surface area contributed by atoms with Gasteiger partial charge < -0.3 is 10.4 Å². The summed E-state index contributed by atoms with van der Waals surface area (Å²) in [6.07, 6.45) is 3.99. The Kier molecular flexibility index (Phi) is 4.06. The summed E-state index contributed by atoms with van der Waals surface area (Å²) >= 11 is 0. The lowest BCUT2D eigenvalue weighted by molar-refractivity contribution is 0.0697.